The average Bonchev–Trinajstić information content (AvgIpc) is 2.88. The van der Waals surface area contributed by atoms with Crippen LogP contribution in [-0.4, -0.2) is 36.4 Å². The fourth-order valence-electron chi connectivity index (χ4n) is 2.68. The first kappa shape index (κ1) is 13.6. The molecule has 0 amide bonds. The van der Waals surface area contributed by atoms with Gasteiger partial charge in [0, 0.05) is 38.1 Å². The molecule has 0 aromatic carbocycles. The molecule has 4 heteroatoms. The Balaban J connectivity index is 1.79. The third-order valence-corrected chi connectivity index (χ3v) is 3.75. The van der Waals surface area contributed by atoms with Crippen LogP contribution in [0.5, 0.6) is 0 Å². The SMILES string of the molecule is COCCCCCn1cncc1C1CCNCC1. The number of aromatic nitrogens is 2. The Bertz CT molecular complexity index is 332. The van der Waals surface area contributed by atoms with Crippen LogP contribution in [0.2, 0.25) is 0 Å². The first-order valence-electron chi connectivity index (χ1n) is 7.11. The Labute approximate surface area is 110 Å². The third-order valence-electron chi connectivity index (χ3n) is 3.75. The van der Waals surface area contributed by atoms with E-state index in [4.69, 9.17) is 4.74 Å². The van der Waals surface area contributed by atoms with Crippen molar-refractivity contribution >= 4 is 0 Å². The summed E-state index contributed by atoms with van der Waals surface area (Å²) in [6.07, 6.45) is 10.2. The van der Waals surface area contributed by atoms with E-state index in [1.54, 1.807) is 7.11 Å². The summed E-state index contributed by atoms with van der Waals surface area (Å²) in [7, 11) is 1.77. The van der Waals surface area contributed by atoms with Crippen molar-refractivity contribution in [1.29, 1.82) is 0 Å². The minimum absolute atomic E-state index is 0.702. The van der Waals surface area contributed by atoms with Gasteiger partial charge in [-0.15, -0.1) is 0 Å². The molecular formula is C14H25N3O. The molecule has 0 saturated carbocycles. The van der Waals surface area contributed by atoms with Gasteiger partial charge in [0.25, 0.3) is 0 Å². The standard InChI is InChI=1S/C14H25N3O/c1-18-10-4-2-3-9-17-12-16-11-14(17)13-5-7-15-8-6-13/h11-13,15H,2-10H2,1H3. The lowest BCUT2D eigenvalue weighted by Crippen LogP contribution is -2.27. The van der Waals surface area contributed by atoms with E-state index in [9.17, 15) is 0 Å². The highest BCUT2D eigenvalue weighted by molar-refractivity contribution is 5.07. The van der Waals surface area contributed by atoms with Crippen molar-refractivity contribution in [3.8, 4) is 0 Å². The van der Waals surface area contributed by atoms with Crippen molar-refractivity contribution in [2.24, 2.45) is 0 Å². The molecule has 18 heavy (non-hydrogen) atoms. The molecule has 0 atom stereocenters. The molecule has 2 heterocycles. The van der Waals surface area contributed by atoms with Crippen molar-refractivity contribution in [2.45, 2.75) is 44.6 Å². The van der Waals surface area contributed by atoms with Gasteiger partial charge in [0.2, 0.25) is 0 Å². The van der Waals surface area contributed by atoms with E-state index in [1.165, 1.54) is 31.4 Å². The number of hydrogen-bond donors (Lipinski definition) is 1. The van der Waals surface area contributed by atoms with Crippen molar-refractivity contribution < 1.29 is 4.74 Å². The second-order valence-corrected chi connectivity index (χ2v) is 5.09. The van der Waals surface area contributed by atoms with Crippen LogP contribution in [0, 0.1) is 0 Å². The van der Waals surface area contributed by atoms with E-state index in [0.717, 1.165) is 32.7 Å². The van der Waals surface area contributed by atoms with E-state index >= 15 is 0 Å². The van der Waals surface area contributed by atoms with Gasteiger partial charge >= 0.3 is 0 Å². The highest BCUT2D eigenvalue weighted by atomic mass is 16.5. The maximum atomic E-state index is 5.07. The summed E-state index contributed by atoms with van der Waals surface area (Å²) in [6.45, 7) is 4.27. The molecule has 1 N–H and O–H groups in total. The van der Waals surface area contributed by atoms with Gasteiger partial charge in [0.15, 0.2) is 0 Å². The van der Waals surface area contributed by atoms with Crippen LogP contribution in [0.4, 0.5) is 0 Å². The van der Waals surface area contributed by atoms with Crippen LogP contribution in [0.3, 0.4) is 0 Å². The maximum absolute atomic E-state index is 5.07. The van der Waals surface area contributed by atoms with Gasteiger partial charge in [-0.1, -0.05) is 0 Å². The molecule has 0 aliphatic carbocycles. The third kappa shape index (κ3) is 3.82. The fourth-order valence-corrected chi connectivity index (χ4v) is 2.68. The predicted octanol–water partition coefficient (Wildman–Crippen LogP) is 2.17. The lowest BCUT2D eigenvalue weighted by molar-refractivity contribution is 0.191. The zero-order valence-electron chi connectivity index (χ0n) is 11.4. The lowest BCUT2D eigenvalue weighted by atomic mass is 9.95. The number of nitrogens with zero attached hydrogens (tertiary/aromatic N) is 2. The zero-order chi connectivity index (χ0) is 12.6. The maximum Gasteiger partial charge on any atom is 0.0948 e. The van der Waals surface area contributed by atoms with Crippen LogP contribution >= 0.6 is 0 Å². The van der Waals surface area contributed by atoms with Gasteiger partial charge in [-0.25, -0.2) is 4.98 Å². The lowest BCUT2D eigenvalue weighted by Gasteiger charge is -2.23. The molecule has 1 aliphatic heterocycles. The number of imidazole rings is 1. The van der Waals surface area contributed by atoms with Crippen LogP contribution in [0.1, 0.15) is 43.7 Å². The van der Waals surface area contributed by atoms with Crippen LogP contribution < -0.4 is 5.32 Å². The number of rotatable bonds is 7. The minimum Gasteiger partial charge on any atom is -0.385 e. The fraction of sp³-hybridized carbons (Fsp3) is 0.786. The summed E-state index contributed by atoms with van der Waals surface area (Å²) in [4.78, 5) is 4.33. The van der Waals surface area contributed by atoms with Crippen LogP contribution in [0.15, 0.2) is 12.5 Å². The number of unbranched alkanes of at least 4 members (excludes halogenated alkanes) is 2. The molecular weight excluding hydrogens is 226 g/mol. The summed E-state index contributed by atoms with van der Waals surface area (Å²) in [5, 5.41) is 3.42. The molecule has 102 valence electrons. The van der Waals surface area contributed by atoms with E-state index in [0.29, 0.717) is 5.92 Å². The molecule has 1 saturated heterocycles. The molecule has 0 bridgehead atoms. The number of methoxy groups -OCH3 is 1. The van der Waals surface area contributed by atoms with Gasteiger partial charge in [-0.05, 0) is 45.2 Å². The van der Waals surface area contributed by atoms with Crippen molar-refractivity contribution in [3.63, 3.8) is 0 Å². The Morgan fingerprint density at radius 1 is 1.33 bits per heavy atom. The molecule has 0 spiro atoms. The molecule has 1 fully saturated rings. The van der Waals surface area contributed by atoms with Crippen LogP contribution in [0.25, 0.3) is 0 Å². The predicted molar refractivity (Wildman–Crippen MR) is 72.8 cm³/mol. The number of aryl methyl sites for hydroxylation is 1. The summed E-state index contributed by atoms with van der Waals surface area (Å²) < 4.78 is 7.42. The Kier molecular flexibility index (Phi) is 5.68. The monoisotopic (exact) mass is 251 g/mol. The second-order valence-electron chi connectivity index (χ2n) is 5.09. The van der Waals surface area contributed by atoms with Crippen LogP contribution in [-0.2, 0) is 11.3 Å². The van der Waals surface area contributed by atoms with Crippen molar-refractivity contribution in [2.75, 3.05) is 26.8 Å². The summed E-state index contributed by atoms with van der Waals surface area (Å²) in [5.41, 5.74) is 1.43. The molecule has 1 aliphatic rings. The normalized spacial score (nSPS) is 17.2. The number of piperidine rings is 1. The summed E-state index contributed by atoms with van der Waals surface area (Å²) in [6, 6.07) is 0. The van der Waals surface area contributed by atoms with E-state index < -0.39 is 0 Å². The highest BCUT2D eigenvalue weighted by Crippen LogP contribution is 2.25. The topological polar surface area (TPSA) is 39.1 Å². The second kappa shape index (κ2) is 7.54. The minimum atomic E-state index is 0.702. The largest absolute Gasteiger partial charge is 0.385 e. The molecule has 1 aromatic heterocycles. The Morgan fingerprint density at radius 3 is 2.94 bits per heavy atom. The Hall–Kier alpha value is -0.870. The smallest absolute Gasteiger partial charge is 0.0948 e. The Morgan fingerprint density at radius 2 is 2.17 bits per heavy atom. The summed E-state index contributed by atoms with van der Waals surface area (Å²) >= 11 is 0. The van der Waals surface area contributed by atoms with Crippen molar-refractivity contribution in [1.82, 2.24) is 14.9 Å². The number of ether oxygens (including phenoxy) is 1. The number of nitrogens with one attached hydrogen (secondary N) is 1. The zero-order valence-corrected chi connectivity index (χ0v) is 11.4. The van der Waals surface area contributed by atoms with E-state index in [1.807, 2.05) is 6.33 Å². The molecule has 2 rings (SSSR count). The van der Waals surface area contributed by atoms with E-state index in [-0.39, 0.29) is 0 Å². The quantitative estimate of drug-likeness (QED) is 0.755. The van der Waals surface area contributed by atoms with Gasteiger partial charge in [-0.3, -0.25) is 0 Å². The highest BCUT2D eigenvalue weighted by Gasteiger charge is 2.18. The van der Waals surface area contributed by atoms with Gasteiger partial charge < -0.3 is 14.6 Å². The molecule has 0 radical (unpaired) electrons. The molecule has 1 aromatic rings. The first-order valence-corrected chi connectivity index (χ1v) is 7.11. The first-order chi connectivity index (χ1) is 8.92. The van der Waals surface area contributed by atoms with Gasteiger partial charge in [0.1, 0.15) is 0 Å². The molecule has 4 nitrogen and oxygen atoms in total. The summed E-state index contributed by atoms with van der Waals surface area (Å²) in [5.74, 6) is 0.702. The number of hydrogen-bond acceptors (Lipinski definition) is 3. The molecule has 0 unspecified atom stereocenters. The van der Waals surface area contributed by atoms with Gasteiger partial charge in [-0.2, -0.15) is 0 Å². The van der Waals surface area contributed by atoms with Crippen molar-refractivity contribution in [3.05, 3.63) is 18.2 Å². The van der Waals surface area contributed by atoms with Gasteiger partial charge in [0.05, 0.1) is 6.33 Å². The van der Waals surface area contributed by atoms with E-state index in [2.05, 4.69) is 21.1 Å². The average molecular weight is 251 g/mol.